The molecule has 1 saturated heterocycles. The third kappa shape index (κ3) is 4.95. The van der Waals surface area contributed by atoms with E-state index in [2.05, 4.69) is 5.32 Å². The van der Waals surface area contributed by atoms with Gasteiger partial charge in [-0.1, -0.05) is 12.1 Å². The number of hydrogen-bond donors (Lipinski definition) is 1. The number of carbonyl (C=O) groups excluding carboxylic acids is 3. The molecule has 0 spiro atoms. The lowest BCUT2D eigenvalue weighted by Gasteiger charge is -2.30. The van der Waals surface area contributed by atoms with E-state index in [1.165, 1.54) is 23.5 Å². The maximum Gasteiger partial charge on any atom is 0.309 e. The summed E-state index contributed by atoms with van der Waals surface area (Å²) in [5.74, 6) is -1.98. The van der Waals surface area contributed by atoms with Crippen LogP contribution in [0.15, 0.2) is 35.7 Å². The van der Waals surface area contributed by atoms with Gasteiger partial charge in [0.05, 0.1) is 16.5 Å². The Hall–Kier alpha value is -2.74. The predicted molar refractivity (Wildman–Crippen MR) is 104 cm³/mol. The molecular formula is C20H21FN2O4S. The highest BCUT2D eigenvalue weighted by Gasteiger charge is 2.29. The molecule has 1 aliphatic heterocycles. The highest BCUT2D eigenvalue weighted by molar-refractivity contribution is 7.12. The molecule has 6 nitrogen and oxygen atoms in total. The number of hydrogen-bond acceptors (Lipinski definition) is 5. The Morgan fingerprint density at radius 3 is 2.64 bits per heavy atom. The fourth-order valence-electron chi connectivity index (χ4n) is 3.04. The van der Waals surface area contributed by atoms with Crippen molar-refractivity contribution in [2.24, 2.45) is 5.92 Å². The molecule has 2 heterocycles. The lowest BCUT2D eigenvalue weighted by atomic mass is 9.97. The van der Waals surface area contributed by atoms with Crippen molar-refractivity contribution in [3.05, 3.63) is 52.0 Å². The molecule has 0 aliphatic carbocycles. The van der Waals surface area contributed by atoms with Gasteiger partial charge in [-0.05, 0) is 48.9 Å². The number of piperidine rings is 1. The van der Waals surface area contributed by atoms with Gasteiger partial charge in [0.1, 0.15) is 5.82 Å². The Bertz CT molecular complexity index is 861. The zero-order valence-electron chi connectivity index (χ0n) is 15.4. The molecule has 3 rings (SSSR count). The van der Waals surface area contributed by atoms with Gasteiger partial charge in [0.2, 0.25) is 0 Å². The van der Waals surface area contributed by atoms with Gasteiger partial charge < -0.3 is 15.0 Å². The Labute approximate surface area is 166 Å². The van der Waals surface area contributed by atoms with E-state index >= 15 is 0 Å². The Morgan fingerprint density at radius 2 is 2.00 bits per heavy atom. The van der Waals surface area contributed by atoms with Crippen LogP contribution in [0.3, 0.4) is 0 Å². The zero-order valence-corrected chi connectivity index (χ0v) is 16.3. The monoisotopic (exact) mass is 404 g/mol. The maximum atomic E-state index is 13.8. The number of rotatable bonds is 5. The fourth-order valence-corrected chi connectivity index (χ4v) is 3.73. The van der Waals surface area contributed by atoms with Crippen LogP contribution >= 0.6 is 11.3 Å². The summed E-state index contributed by atoms with van der Waals surface area (Å²) in [5.41, 5.74) is 0.790. The van der Waals surface area contributed by atoms with Crippen LogP contribution in [0.25, 0.3) is 0 Å². The second kappa shape index (κ2) is 8.97. The van der Waals surface area contributed by atoms with Gasteiger partial charge in [0, 0.05) is 13.1 Å². The summed E-state index contributed by atoms with van der Waals surface area (Å²) in [4.78, 5) is 38.8. The van der Waals surface area contributed by atoms with Gasteiger partial charge in [-0.2, -0.15) is 0 Å². The number of aryl methyl sites for hydroxylation is 1. The van der Waals surface area contributed by atoms with Crippen molar-refractivity contribution >= 4 is 34.8 Å². The molecule has 148 valence electrons. The first kappa shape index (κ1) is 20.0. The zero-order chi connectivity index (χ0) is 20.1. The minimum Gasteiger partial charge on any atom is -0.455 e. The summed E-state index contributed by atoms with van der Waals surface area (Å²) in [5, 5.41) is 4.24. The number of thiophene rings is 1. The van der Waals surface area contributed by atoms with Crippen molar-refractivity contribution < 1.29 is 23.5 Å². The average Bonchev–Trinajstić information content (AvgIpc) is 3.22. The van der Waals surface area contributed by atoms with Crippen LogP contribution in [0.2, 0.25) is 0 Å². The van der Waals surface area contributed by atoms with Gasteiger partial charge in [-0.3, -0.25) is 14.4 Å². The van der Waals surface area contributed by atoms with E-state index < -0.39 is 24.3 Å². The fraction of sp³-hybridized carbons (Fsp3) is 0.350. The van der Waals surface area contributed by atoms with Crippen molar-refractivity contribution in [3.8, 4) is 0 Å². The number of esters is 1. The highest BCUT2D eigenvalue weighted by Crippen LogP contribution is 2.22. The Kier molecular flexibility index (Phi) is 6.41. The largest absolute Gasteiger partial charge is 0.455 e. The van der Waals surface area contributed by atoms with Gasteiger partial charge >= 0.3 is 5.97 Å². The topological polar surface area (TPSA) is 75.7 Å². The van der Waals surface area contributed by atoms with Crippen molar-refractivity contribution in [2.75, 3.05) is 25.0 Å². The number of nitrogens with zero attached hydrogens (tertiary/aromatic N) is 1. The number of nitrogens with one attached hydrogen (secondary N) is 1. The van der Waals surface area contributed by atoms with Crippen LogP contribution in [0.4, 0.5) is 10.1 Å². The second-order valence-electron chi connectivity index (χ2n) is 6.68. The van der Waals surface area contributed by atoms with E-state index in [1.54, 1.807) is 24.0 Å². The Balaban J connectivity index is 1.43. The molecule has 2 aromatic rings. The lowest BCUT2D eigenvalue weighted by molar-refractivity contribution is -0.152. The molecule has 0 bridgehead atoms. The molecule has 1 fully saturated rings. The number of benzene rings is 1. The summed E-state index contributed by atoms with van der Waals surface area (Å²) in [6.07, 6.45) is 0.980. The third-order valence-corrected chi connectivity index (χ3v) is 5.45. The van der Waals surface area contributed by atoms with E-state index in [9.17, 15) is 18.8 Å². The molecule has 0 atom stereocenters. The Morgan fingerprint density at radius 1 is 1.25 bits per heavy atom. The number of amides is 2. The van der Waals surface area contributed by atoms with Crippen LogP contribution in [0, 0.1) is 18.7 Å². The summed E-state index contributed by atoms with van der Waals surface area (Å²) in [6.45, 7) is 2.21. The van der Waals surface area contributed by atoms with Crippen LogP contribution in [-0.2, 0) is 14.3 Å². The minimum absolute atomic E-state index is 0.0266. The second-order valence-corrected chi connectivity index (χ2v) is 7.63. The molecule has 0 saturated carbocycles. The van der Waals surface area contributed by atoms with Crippen molar-refractivity contribution in [2.45, 2.75) is 19.8 Å². The van der Waals surface area contributed by atoms with E-state index in [0.29, 0.717) is 30.8 Å². The van der Waals surface area contributed by atoms with Gasteiger partial charge in [-0.15, -0.1) is 11.3 Å². The quantitative estimate of drug-likeness (QED) is 0.777. The first-order valence-electron chi connectivity index (χ1n) is 8.99. The predicted octanol–water partition coefficient (Wildman–Crippen LogP) is 3.23. The molecule has 2 amide bonds. The number of halogens is 1. The van der Waals surface area contributed by atoms with Gasteiger partial charge in [-0.25, -0.2) is 4.39 Å². The van der Waals surface area contributed by atoms with Gasteiger partial charge in [0.25, 0.3) is 11.8 Å². The first-order chi connectivity index (χ1) is 13.4. The van der Waals surface area contributed by atoms with Crippen LogP contribution in [0.5, 0.6) is 0 Å². The lowest BCUT2D eigenvalue weighted by Crippen LogP contribution is -2.40. The molecule has 1 aromatic heterocycles. The minimum atomic E-state index is -0.596. The van der Waals surface area contributed by atoms with Crippen molar-refractivity contribution in [1.29, 1.82) is 0 Å². The van der Waals surface area contributed by atoms with E-state index in [0.717, 1.165) is 5.56 Å². The summed E-state index contributed by atoms with van der Waals surface area (Å²) >= 11 is 1.39. The van der Waals surface area contributed by atoms with Crippen LogP contribution < -0.4 is 5.32 Å². The molecule has 28 heavy (non-hydrogen) atoms. The molecule has 0 unspecified atom stereocenters. The molecule has 1 aliphatic rings. The molecule has 0 radical (unpaired) electrons. The van der Waals surface area contributed by atoms with E-state index in [-0.39, 0.29) is 17.5 Å². The molecule has 8 heteroatoms. The summed E-state index contributed by atoms with van der Waals surface area (Å²) in [6, 6.07) is 8.06. The summed E-state index contributed by atoms with van der Waals surface area (Å²) < 4.78 is 18.8. The third-order valence-electron chi connectivity index (χ3n) is 4.59. The highest BCUT2D eigenvalue weighted by atomic mass is 32.1. The molecule has 1 N–H and O–H groups in total. The maximum absolute atomic E-state index is 13.8. The van der Waals surface area contributed by atoms with Crippen LogP contribution in [-0.4, -0.2) is 42.4 Å². The summed E-state index contributed by atoms with van der Waals surface area (Å²) in [7, 11) is 0. The van der Waals surface area contributed by atoms with Gasteiger partial charge in [0.15, 0.2) is 6.61 Å². The van der Waals surface area contributed by atoms with E-state index in [1.807, 2.05) is 11.4 Å². The smallest absolute Gasteiger partial charge is 0.309 e. The van der Waals surface area contributed by atoms with E-state index in [4.69, 9.17) is 4.74 Å². The number of anilines is 1. The number of likely N-dealkylation sites (tertiary alicyclic amines) is 1. The number of ether oxygens (including phenoxy) is 1. The van der Waals surface area contributed by atoms with Crippen molar-refractivity contribution in [3.63, 3.8) is 0 Å². The average molecular weight is 404 g/mol. The molecular weight excluding hydrogens is 383 g/mol. The number of carbonyl (C=O) groups is 3. The standard InChI is InChI=1S/C20H21FN2O4S/c1-13-4-5-16(15(21)11-13)22-18(24)12-27-20(26)14-6-8-23(9-7-14)19(25)17-3-2-10-28-17/h2-5,10-11,14H,6-9,12H2,1H3,(H,22,24). The van der Waals surface area contributed by atoms with Crippen LogP contribution in [0.1, 0.15) is 28.1 Å². The first-order valence-corrected chi connectivity index (χ1v) is 9.87. The SMILES string of the molecule is Cc1ccc(NC(=O)COC(=O)C2CCN(C(=O)c3cccs3)CC2)c(F)c1. The van der Waals surface area contributed by atoms with Crippen molar-refractivity contribution in [1.82, 2.24) is 4.90 Å². The normalized spacial score (nSPS) is 14.6. The molecule has 1 aromatic carbocycles.